The molecule has 340 valence electrons. The van der Waals surface area contributed by atoms with Gasteiger partial charge in [0, 0.05) is 19.4 Å². The molecule has 0 bridgehead atoms. The Bertz CT molecular complexity index is 2240. The number of nitrogens with zero attached hydrogens (tertiary/aromatic N) is 6. The van der Waals surface area contributed by atoms with Crippen LogP contribution in [0.1, 0.15) is 108 Å². The third kappa shape index (κ3) is 10.8. The van der Waals surface area contributed by atoms with Crippen LogP contribution in [0.3, 0.4) is 0 Å². The predicted octanol–water partition coefficient (Wildman–Crippen LogP) is 4.09. The SMILES string of the molecule is Cc1ncsc1-c1ccc([C@H](C)NC(=O)[C@@H]2C[C@@H](O)CN2C(=O)[C@@H](NCCCCCCCCCC(=O)OC[C@H]2O[C@@](C#N)(c3ccc4c(N)ncnn34)[C@H](O)[C@@H]2O)C(C)(C)C)cc1. The highest BCUT2D eigenvalue weighted by molar-refractivity contribution is 7.13. The summed E-state index contributed by atoms with van der Waals surface area (Å²) in [4.78, 5) is 51.1. The number of benzene rings is 1. The normalized spacial score (nSPS) is 23.4. The number of nitrogens with one attached hydrogen (secondary N) is 2. The van der Waals surface area contributed by atoms with Crippen LogP contribution >= 0.6 is 11.3 Å². The Kier molecular flexibility index (Phi) is 15.6. The zero-order valence-electron chi connectivity index (χ0n) is 36.7. The number of aliphatic hydroxyl groups is 3. The number of aliphatic hydroxyl groups excluding tert-OH is 3. The lowest BCUT2D eigenvalue weighted by molar-refractivity contribution is -0.150. The van der Waals surface area contributed by atoms with Gasteiger partial charge in [0.25, 0.3) is 0 Å². The average Bonchev–Trinajstić information content (AvgIpc) is 4.04. The Labute approximate surface area is 372 Å². The van der Waals surface area contributed by atoms with Gasteiger partial charge in [0.05, 0.1) is 40.0 Å². The second kappa shape index (κ2) is 20.6. The largest absolute Gasteiger partial charge is 0.463 e. The number of nitrogens with two attached hydrogens (primary N) is 1. The van der Waals surface area contributed by atoms with Crippen LogP contribution in [0.25, 0.3) is 16.0 Å². The number of unbranched alkanes of at least 4 members (excludes halogenated alkanes) is 6. The number of carbonyl (C=O) groups excluding carboxylic acids is 3. The summed E-state index contributed by atoms with van der Waals surface area (Å²) in [5.41, 5.74) is 8.89. The fraction of sp³-hybridized carbons (Fsp3) is 0.578. The summed E-state index contributed by atoms with van der Waals surface area (Å²) in [6.45, 7) is 10.3. The standard InChI is InChI=1S/C45H61N9O8S/c1-27(29-14-16-30(17-15-29)38-28(2)50-26-63-38)52-42(59)33-21-31(55)22-53(33)43(60)39(44(3,4)5)48-20-12-10-8-6-7-9-11-13-36(56)61-23-34-37(57)40(58)45(24-46,62-34)35-19-18-32-41(47)49-25-51-54(32)35/h14-19,25-27,31,33-34,37,39-40,48,55,57-58H,6-13,20-23H2,1-5H3,(H,52,59)(H2,47,49,51)/t27-,31+,33-,34+,37+,39+,40+,45-/m0/s1. The third-order valence-electron chi connectivity index (χ3n) is 12.1. The number of aryl methyl sites for hydroxylation is 1. The summed E-state index contributed by atoms with van der Waals surface area (Å²) in [7, 11) is 0. The van der Waals surface area contributed by atoms with Gasteiger partial charge < -0.3 is 46.1 Å². The molecule has 0 saturated carbocycles. The van der Waals surface area contributed by atoms with Crippen molar-refractivity contribution in [3.8, 4) is 16.5 Å². The lowest BCUT2D eigenvalue weighted by Crippen LogP contribution is -2.56. The number of amides is 2. The summed E-state index contributed by atoms with van der Waals surface area (Å²) in [6, 6.07) is 11.5. The van der Waals surface area contributed by atoms with E-state index in [0.717, 1.165) is 60.2 Å². The van der Waals surface area contributed by atoms with Crippen LogP contribution < -0.4 is 16.4 Å². The predicted molar refractivity (Wildman–Crippen MR) is 236 cm³/mol. The molecule has 0 radical (unpaired) electrons. The van der Waals surface area contributed by atoms with E-state index in [1.165, 1.54) is 21.8 Å². The minimum atomic E-state index is -1.97. The van der Waals surface area contributed by atoms with E-state index >= 15 is 0 Å². The number of aromatic nitrogens is 4. The zero-order chi connectivity index (χ0) is 45.5. The van der Waals surface area contributed by atoms with Crippen LogP contribution in [0.2, 0.25) is 0 Å². The third-order valence-corrected chi connectivity index (χ3v) is 13.0. The van der Waals surface area contributed by atoms with Crippen molar-refractivity contribution in [1.82, 2.24) is 35.1 Å². The van der Waals surface area contributed by atoms with Crippen LogP contribution in [0, 0.1) is 23.7 Å². The Hall–Kier alpha value is -5.03. The van der Waals surface area contributed by atoms with E-state index in [1.54, 1.807) is 17.4 Å². The number of esters is 1. The Morgan fingerprint density at radius 2 is 1.75 bits per heavy atom. The first kappa shape index (κ1) is 47.4. The van der Waals surface area contributed by atoms with E-state index in [9.17, 15) is 35.0 Å². The molecule has 7 N–H and O–H groups in total. The van der Waals surface area contributed by atoms with Gasteiger partial charge in [-0.1, -0.05) is 77.1 Å². The maximum Gasteiger partial charge on any atom is 0.305 e. The van der Waals surface area contributed by atoms with Crippen molar-refractivity contribution in [3.63, 3.8) is 0 Å². The number of rotatable bonds is 19. The summed E-state index contributed by atoms with van der Waals surface area (Å²) >= 11 is 1.59. The molecule has 2 fully saturated rings. The number of ether oxygens (including phenoxy) is 2. The molecular weight excluding hydrogens is 827 g/mol. The van der Waals surface area contributed by atoms with Gasteiger partial charge in [-0.3, -0.25) is 14.4 Å². The molecule has 2 saturated heterocycles. The number of β-amino-alcohol motifs (C(OH)–C–C–N with tert-alkyl or cyclic N) is 1. The Balaban J connectivity index is 0.872. The molecule has 2 aliphatic rings. The highest BCUT2D eigenvalue weighted by Crippen LogP contribution is 2.40. The minimum Gasteiger partial charge on any atom is -0.463 e. The maximum atomic E-state index is 14.1. The fourth-order valence-electron chi connectivity index (χ4n) is 8.45. The molecule has 2 amide bonds. The quantitative estimate of drug-likeness (QED) is 0.0574. The molecule has 6 rings (SSSR count). The number of nitriles is 1. The number of carbonyl (C=O) groups is 3. The summed E-state index contributed by atoms with van der Waals surface area (Å²) in [5, 5.41) is 53.0. The van der Waals surface area contributed by atoms with Gasteiger partial charge in [0.15, 0.2) is 5.82 Å². The first-order valence-electron chi connectivity index (χ1n) is 21.8. The highest BCUT2D eigenvalue weighted by atomic mass is 32.1. The molecule has 18 heteroatoms. The van der Waals surface area contributed by atoms with Gasteiger partial charge in [0.1, 0.15) is 48.9 Å². The topological polar surface area (TPSA) is 251 Å². The molecule has 4 aromatic rings. The van der Waals surface area contributed by atoms with Crippen molar-refractivity contribution in [2.24, 2.45) is 5.41 Å². The van der Waals surface area contributed by atoms with E-state index < -0.39 is 53.5 Å². The number of anilines is 1. The number of hydrogen-bond donors (Lipinski definition) is 6. The Morgan fingerprint density at radius 1 is 1.05 bits per heavy atom. The summed E-state index contributed by atoms with van der Waals surface area (Å²) in [6.07, 6.45) is 2.67. The van der Waals surface area contributed by atoms with Gasteiger partial charge in [-0.15, -0.1) is 11.3 Å². The molecule has 5 heterocycles. The molecule has 0 unspecified atom stereocenters. The van der Waals surface area contributed by atoms with E-state index in [-0.39, 0.29) is 55.4 Å². The number of thiazole rings is 1. The number of hydrogen-bond acceptors (Lipinski definition) is 15. The van der Waals surface area contributed by atoms with Crippen LogP contribution in [0.15, 0.2) is 48.2 Å². The molecule has 17 nitrogen and oxygen atoms in total. The second-order valence-corrected chi connectivity index (χ2v) is 18.6. The van der Waals surface area contributed by atoms with Crippen molar-refractivity contribution in [2.75, 3.05) is 25.4 Å². The average molecular weight is 888 g/mol. The van der Waals surface area contributed by atoms with Gasteiger partial charge in [0.2, 0.25) is 17.4 Å². The first-order valence-corrected chi connectivity index (χ1v) is 22.7. The van der Waals surface area contributed by atoms with E-state index in [0.29, 0.717) is 18.5 Å². The summed E-state index contributed by atoms with van der Waals surface area (Å²) in [5.74, 6) is -0.775. The van der Waals surface area contributed by atoms with Crippen LogP contribution in [-0.2, 0) is 29.5 Å². The van der Waals surface area contributed by atoms with Crippen molar-refractivity contribution < 1.29 is 39.2 Å². The summed E-state index contributed by atoms with van der Waals surface area (Å²) < 4.78 is 12.6. The molecule has 0 aliphatic carbocycles. The van der Waals surface area contributed by atoms with Crippen molar-refractivity contribution in [3.05, 3.63) is 65.2 Å². The Morgan fingerprint density at radius 3 is 2.41 bits per heavy atom. The van der Waals surface area contributed by atoms with Crippen molar-refractivity contribution in [1.29, 1.82) is 5.26 Å². The molecule has 2 aliphatic heterocycles. The number of likely N-dealkylation sites (tertiary alicyclic amines) is 1. The minimum absolute atomic E-state index is 0.102. The lowest BCUT2D eigenvalue weighted by Gasteiger charge is -2.35. The van der Waals surface area contributed by atoms with Gasteiger partial charge in [-0.05, 0) is 61.9 Å². The second-order valence-electron chi connectivity index (χ2n) is 17.8. The van der Waals surface area contributed by atoms with E-state index in [1.807, 2.05) is 70.5 Å². The number of nitrogen functional groups attached to an aromatic ring is 1. The fourth-order valence-corrected chi connectivity index (χ4v) is 9.26. The molecule has 8 atom stereocenters. The molecule has 3 aromatic heterocycles. The molecular formula is C45H61N9O8S. The monoisotopic (exact) mass is 887 g/mol. The molecule has 0 spiro atoms. The molecule has 1 aromatic carbocycles. The van der Waals surface area contributed by atoms with Crippen LogP contribution in [0.4, 0.5) is 5.82 Å². The highest BCUT2D eigenvalue weighted by Gasteiger charge is 2.58. The van der Waals surface area contributed by atoms with Crippen LogP contribution in [-0.4, -0.2) is 114 Å². The van der Waals surface area contributed by atoms with Gasteiger partial charge in [-0.25, -0.2) is 14.5 Å². The van der Waals surface area contributed by atoms with E-state index in [2.05, 4.69) is 25.7 Å². The maximum absolute atomic E-state index is 14.1. The lowest BCUT2D eigenvalue weighted by atomic mass is 9.85. The van der Waals surface area contributed by atoms with Gasteiger partial charge in [-0.2, -0.15) is 10.4 Å². The van der Waals surface area contributed by atoms with Gasteiger partial charge >= 0.3 is 5.97 Å². The van der Waals surface area contributed by atoms with Crippen molar-refractivity contribution >= 4 is 40.5 Å². The molecule has 63 heavy (non-hydrogen) atoms. The van der Waals surface area contributed by atoms with Crippen molar-refractivity contribution in [2.45, 2.75) is 141 Å². The van der Waals surface area contributed by atoms with E-state index in [4.69, 9.17) is 15.2 Å². The first-order chi connectivity index (χ1) is 30.0. The number of fused-ring (bicyclic) bond motifs is 1. The zero-order valence-corrected chi connectivity index (χ0v) is 37.5. The van der Waals surface area contributed by atoms with Crippen LogP contribution in [0.5, 0.6) is 0 Å². The smallest absolute Gasteiger partial charge is 0.305 e.